The zero-order chi connectivity index (χ0) is 13.1. The van der Waals surface area contributed by atoms with Crippen molar-refractivity contribution in [1.82, 2.24) is 14.8 Å². The van der Waals surface area contributed by atoms with Crippen LogP contribution in [0.2, 0.25) is 0 Å². The first-order valence-electron chi connectivity index (χ1n) is 5.44. The van der Waals surface area contributed by atoms with Gasteiger partial charge in [0, 0.05) is 7.05 Å². The molecule has 0 spiro atoms. The number of nitrogens with two attached hydrogens (primary N) is 1. The highest BCUT2D eigenvalue weighted by Gasteiger charge is 2.44. The molecule has 2 aromatic rings. The van der Waals surface area contributed by atoms with Crippen LogP contribution in [0.3, 0.4) is 0 Å². The quantitative estimate of drug-likeness (QED) is 0.436. The Kier molecular flexibility index (Phi) is 1.96. The van der Waals surface area contributed by atoms with Gasteiger partial charge in [0.1, 0.15) is 5.82 Å². The van der Waals surface area contributed by atoms with Crippen LogP contribution in [0.15, 0.2) is 18.2 Å². The SMILES string of the molecule is Cc1nc2n(n1)-c1cccc(N)c1N(C)C2(O)O. The molecule has 7 heteroatoms. The summed E-state index contributed by atoms with van der Waals surface area (Å²) in [6.07, 6.45) is 0. The Balaban J connectivity index is 2.40. The lowest BCUT2D eigenvalue weighted by Crippen LogP contribution is -2.49. The summed E-state index contributed by atoms with van der Waals surface area (Å²) < 4.78 is 1.40. The van der Waals surface area contributed by atoms with Crippen LogP contribution in [-0.4, -0.2) is 32.0 Å². The standard InChI is InChI=1S/C11H13N5O2/c1-6-13-10-11(17,18)15(2)9-7(12)4-3-5-8(9)16(10)14-6/h3-5,17-18H,12H2,1-2H3. The summed E-state index contributed by atoms with van der Waals surface area (Å²) in [5.74, 6) is -1.72. The number of para-hydroxylation sites is 1. The van der Waals surface area contributed by atoms with E-state index in [1.165, 1.54) is 9.58 Å². The van der Waals surface area contributed by atoms with Gasteiger partial charge in [-0.1, -0.05) is 6.07 Å². The van der Waals surface area contributed by atoms with Crippen LogP contribution in [-0.2, 0) is 5.91 Å². The van der Waals surface area contributed by atoms with Gasteiger partial charge in [0.25, 0.3) is 0 Å². The molecule has 0 unspecified atom stereocenters. The van der Waals surface area contributed by atoms with Gasteiger partial charge in [0.05, 0.1) is 17.1 Å². The van der Waals surface area contributed by atoms with E-state index in [1.54, 1.807) is 32.2 Å². The molecule has 0 saturated carbocycles. The van der Waals surface area contributed by atoms with Crippen LogP contribution in [0.1, 0.15) is 11.6 Å². The van der Waals surface area contributed by atoms with E-state index in [4.69, 9.17) is 5.73 Å². The molecule has 1 aromatic heterocycles. The predicted molar refractivity (Wildman–Crippen MR) is 65.0 cm³/mol. The Bertz CT molecular complexity index is 634. The smallest absolute Gasteiger partial charge is 0.311 e. The Morgan fingerprint density at radius 1 is 1.33 bits per heavy atom. The molecule has 18 heavy (non-hydrogen) atoms. The number of aliphatic hydroxyl groups is 2. The lowest BCUT2D eigenvalue weighted by Gasteiger charge is -2.38. The molecule has 4 N–H and O–H groups in total. The van der Waals surface area contributed by atoms with E-state index in [0.29, 0.717) is 22.9 Å². The number of hydrogen-bond donors (Lipinski definition) is 3. The summed E-state index contributed by atoms with van der Waals surface area (Å²) in [5, 5.41) is 24.5. The summed E-state index contributed by atoms with van der Waals surface area (Å²) in [6, 6.07) is 5.28. The molecular weight excluding hydrogens is 234 g/mol. The molecule has 0 atom stereocenters. The normalized spacial score (nSPS) is 16.3. The lowest BCUT2D eigenvalue weighted by molar-refractivity contribution is -0.175. The van der Waals surface area contributed by atoms with Crippen LogP contribution >= 0.6 is 0 Å². The second-order valence-corrected chi connectivity index (χ2v) is 4.30. The molecule has 94 valence electrons. The average Bonchev–Trinajstić information content (AvgIpc) is 2.69. The van der Waals surface area contributed by atoms with E-state index in [9.17, 15) is 10.2 Å². The van der Waals surface area contributed by atoms with E-state index in [2.05, 4.69) is 10.1 Å². The topological polar surface area (TPSA) is 100 Å². The third-order valence-electron chi connectivity index (χ3n) is 3.09. The molecule has 0 radical (unpaired) electrons. The molecule has 0 amide bonds. The van der Waals surface area contributed by atoms with E-state index in [-0.39, 0.29) is 5.82 Å². The molecule has 0 aliphatic carbocycles. The first-order valence-corrected chi connectivity index (χ1v) is 5.44. The number of nitrogens with zero attached hydrogens (tertiary/aromatic N) is 4. The predicted octanol–water partition coefficient (Wildman–Crippen LogP) is -0.297. The van der Waals surface area contributed by atoms with Crippen molar-refractivity contribution in [1.29, 1.82) is 0 Å². The van der Waals surface area contributed by atoms with Crippen molar-refractivity contribution < 1.29 is 10.2 Å². The summed E-state index contributed by atoms with van der Waals surface area (Å²) in [5.41, 5.74) is 7.52. The fraction of sp³-hybridized carbons (Fsp3) is 0.273. The van der Waals surface area contributed by atoms with Gasteiger partial charge in [-0.2, -0.15) is 5.10 Å². The van der Waals surface area contributed by atoms with Crippen molar-refractivity contribution >= 4 is 11.4 Å². The largest absolute Gasteiger partial charge is 0.397 e. The number of nitrogen functional groups attached to an aromatic ring is 1. The first kappa shape index (κ1) is 11.0. The Labute approximate surface area is 103 Å². The van der Waals surface area contributed by atoms with E-state index in [1.807, 2.05) is 0 Å². The van der Waals surface area contributed by atoms with Gasteiger partial charge in [0.2, 0.25) is 5.82 Å². The molecule has 3 rings (SSSR count). The van der Waals surface area contributed by atoms with Crippen LogP contribution in [0.5, 0.6) is 0 Å². The maximum atomic E-state index is 10.2. The number of hydrogen-bond acceptors (Lipinski definition) is 6. The number of aryl methyl sites for hydroxylation is 1. The van der Waals surface area contributed by atoms with Crippen LogP contribution in [0.4, 0.5) is 11.4 Å². The van der Waals surface area contributed by atoms with Crippen molar-refractivity contribution in [2.24, 2.45) is 0 Å². The monoisotopic (exact) mass is 247 g/mol. The number of rotatable bonds is 0. The maximum Gasteiger partial charge on any atom is 0.311 e. The number of anilines is 2. The Hall–Kier alpha value is -2.12. The van der Waals surface area contributed by atoms with Gasteiger partial charge in [-0.15, -0.1) is 0 Å². The van der Waals surface area contributed by atoms with Gasteiger partial charge < -0.3 is 20.8 Å². The number of fused-ring (bicyclic) bond motifs is 3. The fourth-order valence-electron chi connectivity index (χ4n) is 2.19. The molecule has 2 heterocycles. The molecule has 1 aliphatic heterocycles. The van der Waals surface area contributed by atoms with Crippen molar-refractivity contribution in [3.8, 4) is 5.69 Å². The zero-order valence-corrected chi connectivity index (χ0v) is 9.99. The number of benzene rings is 1. The highest BCUT2D eigenvalue weighted by atomic mass is 16.5. The summed E-state index contributed by atoms with van der Waals surface area (Å²) >= 11 is 0. The van der Waals surface area contributed by atoms with E-state index in [0.717, 1.165) is 0 Å². The fourth-order valence-corrected chi connectivity index (χ4v) is 2.19. The molecular formula is C11H13N5O2. The Morgan fingerprint density at radius 2 is 2.06 bits per heavy atom. The van der Waals surface area contributed by atoms with Gasteiger partial charge in [-0.05, 0) is 19.1 Å². The van der Waals surface area contributed by atoms with Gasteiger partial charge >= 0.3 is 5.91 Å². The molecule has 0 bridgehead atoms. The summed E-state index contributed by atoms with van der Waals surface area (Å²) in [4.78, 5) is 5.33. The Morgan fingerprint density at radius 3 is 2.78 bits per heavy atom. The third-order valence-corrected chi connectivity index (χ3v) is 3.09. The van der Waals surface area contributed by atoms with Crippen molar-refractivity contribution in [2.75, 3.05) is 17.7 Å². The van der Waals surface area contributed by atoms with Crippen LogP contribution in [0, 0.1) is 6.92 Å². The zero-order valence-electron chi connectivity index (χ0n) is 9.99. The third kappa shape index (κ3) is 1.20. The van der Waals surface area contributed by atoms with Gasteiger partial charge in [-0.25, -0.2) is 9.67 Å². The molecule has 1 aromatic carbocycles. The molecule has 1 aliphatic rings. The second kappa shape index (κ2) is 3.21. The number of aromatic nitrogens is 3. The molecule has 7 nitrogen and oxygen atoms in total. The summed E-state index contributed by atoms with van der Waals surface area (Å²) in [6.45, 7) is 1.69. The van der Waals surface area contributed by atoms with Gasteiger partial charge in [0.15, 0.2) is 0 Å². The van der Waals surface area contributed by atoms with E-state index < -0.39 is 5.91 Å². The highest BCUT2D eigenvalue weighted by molar-refractivity contribution is 5.79. The van der Waals surface area contributed by atoms with Crippen LogP contribution < -0.4 is 10.6 Å². The average molecular weight is 247 g/mol. The minimum atomic E-state index is -2.23. The minimum Gasteiger partial charge on any atom is -0.397 e. The molecule has 0 saturated heterocycles. The minimum absolute atomic E-state index is 0.0561. The maximum absolute atomic E-state index is 10.2. The van der Waals surface area contributed by atoms with E-state index >= 15 is 0 Å². The van der Waals surface area contributed by atoms with Crippen molar-refractivity contribution in [3.05, 3.63) is 29.8 Å². The second-order valence-electron chi connectivity index (χ2n) is 4.30. The summed E-state index contributed by atoms with van der Waals surface area (Å²) in [7, 11) is 1.54. The van der Waals surface area contributed by atoms with Crippen molar-refractivity contribution in [3.63, 3.8) is 0 Å². The highest BCUT2D eigenvalue weighted by Crippen LogP contribution is 2.40. The van der Waals surface area contributed by atoms with Crippen molar-refractivity contribution in [2.45, 2.75) is 12.8 Å². The lowest BCUT2D eigenvalue weighted by atomic mass is 10.1. The van der Waals surface area contributed by atoms with Crippen LogP contribution in [0.25, 0.3) is 5.69 Å². The van der Waals surface area contributed by atoms with Gasteiger partial charge in [-0.3, -0.25) is 0 Å². The first-order chi connectivity index (χ1) is 8.43. The molecule has 0 fully saturated rings.